The normalized spacial score (nSPS) is 10.0. The Bertz CT molecular complexity index is 703. The molecular formula is C12H12N6O3. The summed E-state index contributed by atoms with van der Waals surface area (Å²) in [5.41, 5.74) is 3.04. The number of nitrogen functional groups attached to an aromatic ring is 1. The fourth-order valence-electron chi connectivity index (χ4n) is 1.62. The molecule has 4 N–H and O–H groups in total. The number of nitro benzene ring substituents is 1. The number of carbonyl (C=O) groups excluding carboxylic acids is 1. The zero-order chi connectivity index (χ0) is 15.4. The van der Waals surface area contributed by atoms with Gasteiger partial charge < -0.3 is 10.7 Å². The molecule has 0 aliphatic heterocycles. The first kappa shape index (κ1) is 14.3. The van der Waals surface area contributed by atoms with Crippen molar-refractivity contribution in [1.82, 2.24) is 9.97 Å². The van der Waals surface area contributed by atoms with Crippen molar-refractivity contribution in [3.63, 3.8) is 0 Å². The topological polar surface area (TPSA) is 136 Å². The summed E-state index contributed by atoms with van der Waals surface area (Å²) in [6, 6.07) is 4.40. The van der Waals surface area contributed by atoms with Gasteiger partial charge in [0.25, 0.3) is 11.6 Å². The molecule has 1 amide bonds. The van der Waals surface area contributed by atoms with Crippen LogP contribution in [0.5, 0.6) is 0 Å². The minimum absolute atomic E-state index is 0.0358. The van der Waals surface area contributed by atoms with Crippen molar-refractivity contribution in [2.24, 2.45) is 5.84 Å². The number of nitrogens with one attached hydrogen (secondary N) is 2. The lowest BCUT2D eigenvalue weighted by Gasteiger charge is -2.06. The molecule has 0 spiro atoms. The van der Waals surface area contributed by atoms with Crippen LogP contribution < -0.4 is 16.6 Å². The minimum Gasteiger partial charge on any atom is -0.320 e. The number of hydrogen-bond donors (Lipinski definition) is 3. The van der Waals surface area contributed by atoms with Crippen molar-refractivity contribution in [1.29, 1.82) is 0 Å². The molecule has 0 aliphatic carbocycles. The van der Waals surface area contributed by atoms with Gasteiger partial charge in [-0.05, 0) is 13.0 Å². The molecule has 0 saturated carbocycles. The van der Waals surface area contributed by atoms with Crippen LogP contribution in [0.25, 0.3) is 0 Å². The third kappa shape index (κ3) is 3.28. The van der Waals surface area contributed by atoms with Gasteiger partial charge in [0.2, 0.25) is 0 Å². The van der Waals surface area contributed by atoms with E-state index >= 15 is 0 Å². The van der Waals surface area contributed by atoms with E-state index in [9.17, 15) is 14.9 Å². The van der Waals surface area contributed by atoms with Crippen molar-refractivity contribution >= 4 is 23.1 Å². The van der Waals surface area contributed by atoms with Gasteiger partial charge in [0, 0.05) is 17.3 Å². The lowest BCUT2D eigenvalue weighted by atomic mass is 10.2. The predicted molar refractivity (Wildman–Crippen MR) is 75.6 cm³/mol. The molecule has 21 heavy (non-hydrogen) atoms. The van der Waals surface area contributed by atoms with Crippen LogP contribution in [0.2, 0.25) is 0 Å². The average molecular weight is 288 g/mol. The Balaban J connectivity index is 2.23. The van der Waals surface area contributed by atoms with Crippen molar-refractivity contribution in [3.8, 4) is 0 Å². The van der Waals surface area contributed by atoms with Gasteiger partial charge in [0.05, 0.1) is 17.3 Å². The van der Waals surface area contributed by atoms with Crippen molar-refractivity contribution in [2.75, 3.05) is 10.7 Å². The Morgan fingerprint density at radius 2 is 2.14 bits per heavy atom. The van der Waals surface area contributed by atoms with Crippen LogP contribution >= 0.6 is 0 Å². The lowest BCUT2D eigenvalue weighted by molar-refractivity contribution is -0.385. The maximum Gasteiger partial charge on any atom is 0.275 e. The molecule has 9 heteroatoms. The Morgan fingerprint density at radius 1 is 1.38 bits per heavy atom. The van der Waals surface area contributed by atoms with Crippen LogP contribution in [0, 0.1) is 17.0 Å². The smallest absolute Gasteiger partial charge is 0.275 e. The molecule has 0 radical (unpaired) electrons. The predicted octanol–water partition coefficient (Wildman–Crippen LogP) is 1.23. The van der Waals surface area contributed by atoms with Gasteiger partial charge in [0.1, 0.15) is 5.69 Å². The first-order valence-electron chi connectivity index (χ1n) is 5.86. The Kier molecular flexibility index (Phi) is 4.05. The fourth-order valence-corrected chi connectivity index (χ4v) is 1.62. The fraction of sp³-hybridized carbons (Fsp3) is 0.0833. The average Bonchev–Trinajstić information content (AvgIpc) is 2.49. The van der Waals surface area contributed by atoms with Crippen LogP contribution in [-0.4, -0.2) is 20.8 Å². The van der Waals surface area contributed by atoms with E-state index in [0.717, 1.165) is 0 Å². The van der Waals surface area contributed by atoms with E-state index in [2.05, 4.69) is 20.7 Å². The zero-order valence-electron chi connectivity index (χ0n) is 11.0. The molecule has 108 valence electrons. The number of nitrogens with two attached hydrogens (primary N) is 1. The Labute approximate surface area is 119 Å². The number of amides is 1. The molecule has 0 fully saturated rings. The first-order valence-corrected chi connectivity index (χ1v) is 5.86. The summed E-state index contributed by atoms with van der Waals surface area (Å²) in [7, 11) is 0. The third-order valence-electron chi connectivity index (χ3n) is 2.68. The lowest BCUT2D eigenvalue weighted by Crippen LogP contribution is -2.16. The Morgan fingerprint density at radius 3 is 2.81 bits per heavy atom. The third-order valence-corrected chi connectivity index (χ3v) is 2.68. The second-order valence-electron chi connectivity index (χ2n) is 4.15. The summed E-state index contributed by atoms with van der Waals surface area (Å²) in [5, 5.41) is 13.4. The molecule has 0 saturated heterocycles. The molecule has 0 bridgehead atoms. The second kappa shape index (κ2) is 5.92. The standard InChI is InChI=1S/C12H12N6O3/c1-7-2-3-8(4-10(7)18(20)21)15-12(19)9-5-14-6-11(16-9)17-13/h2-6H,13H2,1H3,(H,15,19)(H,16,17). The molecule has 1 aromatic carbocycles. The van der Waals surface area contributed by atoms with Gasteiger partial charge in [-0.1, -0.05) is 6.07 Å². The SMILES string of the molecule is Cc1ccc(NC(=O)c2cncc(NN)n2)cc1[N+](=O)[O-]. The summed E-state index contributed by atoms with van der Waals surface area (Å²) in [6.07, 6.45) is 2.62. The monoisotopic (exact) mass is 288 g/mol. The van der Waals surface area contributed by atoms with E-state index in [-0.39, 0.29) is 17.2 Å². The highest BCUT2D eigenvalue weighted by Crippen LogP contribution is 2.22. The number of hydrogen-bond acceptors (Lipinski definition) is 7. The van der Waals surface area contributed by atoms with E-state index in [1.165, 1.54) is 18.5 Å². The quantitative estimate of drug-likeness (QED) is 0.437. The van der Waals surface area contributed by atoms with Gasteiger partial charge in [-0.15, -0.1) is 0 Å². The van der Waals surface area contributed by atoms with Crippen molar-refractivity contribution < 1.29 is 9.72 Å². The van der Waals surface area contributed by atoms with E-state index in [1.807, 2.05) is 0 Å². The molecule has 0 atom stereocenters. The van der Waals surface area contributed by atoms with Gasteiger partial charge in [-0.2, -0.15) is 0 Å². The molecule has 2 aromatic rings. The largest absolute Gasteiger partial charge is 0.320 e. The number of anilines is 2. The van der Waals surface area contributed by atoms with Crippen LogP contribution in [0.4, 0.5) is 17.2 Å². The maximum absolute atomic E-state index is 12.0. The molecular weight excluding hydrogens is 276 g/mol. The second-order valence-corrected chi connectivity index (χ2v) is 4.15. The van der Waals surface area contributed by atoms with Gasteiger partial charge in [0.15, 0.2) is 5.82 Å². The molecule has 2 rings (SSSR count). The molecule has 1 heterocycles. The number of rotatable bonds is 4. The number of nitrogens with zero attached hydrogens (tertiary/aromatic N) is 3. The van der Waals surface area contributed by atoms with E-state index in [4.69, 9.17) is 5.84 Å². The molecule has 0 unspecified atom stereocenters. The number of aromatic nitrogens is 2. The number of carbonyl (C=O) groups is 1. The van der Waals surface area contributed by atoms with E-state index < -0.39 is 10.8 Å². The van der Waals surface area contributed by atoms with Crippen LogP contribution in [0.15, 0.2) is 30.6 Å². The number of aryl methyl sites for hydroxylation is 1. The van der Waals surface area contributed by atoms with Gasteiger partial charge in [-0.3, -0.25) is 19.9 Å². The van der Waals surface area contributed by atoms with Gasteiger partial charge >= 0.3 is 0 Å². The van der Waals surface area contributed by atoms with Crippen molar-refractivity contribution in [3.05, 3.63) is 52.0 Å². The Hall–Kier alpha value is -3.07. The summed E-state index contributed by atoms with van der Waals surface area (Å²) < 4.78 is 0. The summed E-state index contributed by atoms with van der Waals surface area (Å²) in [4.78, 5) is 30.1. The highest BCUT2D eigenvalue weighted by Gasteiger charge is 2.14. The van der Waals surface area contributed by atoms with Crippen LogP contribution in [0.1, 0.15) is 16.1 Å². The number of hydrazine groups is 1. The first-order chi connectivity index (χ1) is 10.0. The van der Waals surface area contributed by atoms with Crippen LogP contribution in [-0.2, 0) is 0 Å². The van der Waals surface area contributed by atoms with Crippen molar-refractivity contribution in [2.45, 2.75) is 6.92 Å². The highest BCUT2D eigenvalue weighted by atomic mass is 16.6. The molecule has 0 aliphatic rings. The summed E-state index contributed by atoms with van der Waals surface area (Å²) in [5.74, 6) is 4.87. The molecule has 1 aromatic heterocycles. The van der Waals surface area contributed by atoms with E-state index in [0.29, 0.717) is 11.3 Å². The number of benzene rings is 1. The minimum atomic E-state index is -0.544. The zero-order valence-corrected chi connectivity index (χ0v) is 11.0. The van der Waals surface area contributed by atoms with Crippen LogP contribution in [0.3, 0.4) is 0 Å². The summed E-state index contributed by atoms with van der Waals surface area (Å²) >= 11 is 0. The van der Waals surface area contributed by atoms with Gasteiger partial charge in [-0.25, -0.2) is 10.8 Å². The van der Waals surface area contributed by atoms with E-state index in [1.54, 1.807) is 19.1 Å². The molecule has 9 nitrogen and oxygen atoms in total. The summed E-state index contributed by atoms with van der Waals surface area (Å²) in [6.45, 7) is 1.62. The maximum atomic E-state index is 12.0. The number of nitro groups is 1. The highest BCUT2D eigenvalue weighted by molar-refractivity contribution is 6.03.